The summed E-state index contributed by atoms with van der Waals surface area (Å²) >= 11 is 0. The molecule has 0 aliphatic heterocycles. The highest BCUT2D eigenvalue weighted by Gasteiger charge is 2.33. The number of anilines is 1. The highest BCUT2D eigenvalue weighted by molar-refractivity contribution is 5.99. The quantitative estimate of drug-likeness (QED) is 0.684. The molecule has 144 valence electrons. The largest absolute Gasteiger partial charge is 0.496 e. The molecule has 0 spiro atoms. The van der Waals surface area contributed by atoms with Gasteiger partial charge in [0.2, 0.25) is 11.8 Å². The van der Waals surface area contributed by atoms with E-state index in [2.05, 4.69) is 15.6 Å². The van der Waals surface area contributed by atoms with Crippen molar-refractivity contribution in [3.8, 4) is 17.4 Å². The number of nitrogens with one attached hydrogen (secondary N) is 2. The summed E-state index contributed by atoms with van der Waals surface area (Å²) in [5.74, 6) is 1.17. The summed E-state index contributed by atoms with van der Waals surface area (Å²) in [6, 6.07) is 8.68. The first-order chi connectivity index (χ1) is 12.8. The van der Waals surface area contributed by atoms with Crippen molar-refractivity contribution in [2.75, 3.05) is 12.4 Å². The van der Waals surface area contributed by atoms with Crippen molar-refractivity contribution in [3.05, 3.63) is 42.1 Å². The number of nitrogens with zero attached hydrogens (tertiary/aromatic N) is 1. The molecule has 0 aliphatic rings. The minimum atomic E-state index is -1.26. The molecule has 1 aromatic carbocycles. The first-order valence-electron chi connectivity index (χ1n) is 8.38. The van der Waals surface area contributed by atoms with Crippen LogP contribution >= 0.6 is 0 Å². The Labute approximate surface area is 157 Å². The lowest BCUT2D eigenvalue weighted by molar-refractivity contribution is -0.121. The zero-order valence-electron chi connectivity index (χ0n) is 15.7. The van der Waals surface area contributed by atoms with Gasteiger partial charge in [-0.15, -0.1) is 0 Å². The summed E-state index contributed by atoms with van der Waals surface area (Å²) in [4.78, 5) is 27.4. The first-order valence-corrected chi connectivity index (χ1v) is 8.38. The number of pyridine rings is 1. The van der Waals surface area contributed by atoms with Crippen LogP contribution in [0.4, 0.5) is 10.5 Å². The SMILES string of the molecule is CC[C@@](C)(NC(=O)O)C(=O)Nc1ccc(Oc2ccc(C)c(OC)c2)nc1. The maximum atomic E-state index is 12.4. The molecule has 27 heavy (non-hydrogen) atoms. The third kappa shape index (κ3) is 5.10. The minimum Gasteiger partial charge on any atom is -0.496 e. The second-order valence-electron chi connectivity index (χ2n) is 6.19. The van der Waals surface area contributed by atoms with Crippen LogP contribution in [-0.4, -0.2) is 34.7 Å². The predicted octanol–water partition coefficient (Wildman–Crippen LogP) is 3.57. The van der Waals surface area contributed by atoms with Crippen molar-refractivity contribution in [2.45, 2.75) is 32.7 Å². The third-order valence-corrected chi connectivity index (χ3v) is 4.19. The summed E-state index contributed by atoms with van der Waals surface area (Å²) in [6.45, 7) is 5.17. The van der Waals surface area contributed by atoms with Gasteiger partial charge in [0, 0.05) is 12.1 Å². The van der Waals surface area contributed by atoms with E-state index >= 15 is 0 Å². The van der Waals surface area contributed by atoms with Crippen molar-refractivity contribution in [1.82, 2.24) is 10.3 Å². The number of carbonyl (C=O) groups excluding carboxylic acids is 1. The summed E-state index contributed by atoms with van der Waals surface area (Å²) < 4.78 is 10.9. The molecule has 1 atom stereocenters. The van der Waals surface area contributed by atoms with Gasteiger partial charge in [-0.3, -0.25) is 4.79 Å². The summed E-state index contributed by atoms with van der Waals surface area (Å²) in [5, 5.41) is 13.8. The molecule has 0 unspecified atom stereocenters. The number of amides is 2. The molecular formula is C19H23N3O5. The topological polar surface area (TPSA) is 110 Å². The lowest BCUT2D eigenvalue weighted by atomic mass is 9.98. The van der Waals surface area contributed by atoms with Gasteiger partial charge in [-0.25, -0.2) is 9.78 Å². The van der Waals surface area contributed by atoms with Gasteiger partial charge >= 0.3 is 6.09 Å². The van der Waals surface area contributed by atoms with Crippen LogP contribution in [0.25, 0.3) is 0 Å². The van der Waals surface area contributed by atoms with Crippen molar-refractivity contribution in [3.63, 3.8) is 0 Å². The van der Waals surface area contributed by atoms with Gasteiger partial charge < -0.3 is 25.2 Å². The van der Waals surface area contributed by atoms with E-state index in [-0.39, 0.29) is 0 Å². The van der Waals surface area contributed by atoms with E-state index in [4.69, 9.17) is 14.6 Å². The molecule has 2 rings (SSSR count). The van der Waals surface area contributed by atoms with Crippen LogP contribution in [0.15, 0.2) is 36.5 Å². The number of aromatic nitrogens is 1. The van der Waals surface area contributed by atoms with Crippen LogP contribution in [0, 0.1) is 6.92 Å². The Morgan fingerprint density at radius 3 is 2.56 bits per heavy atom. The summed E-state index contributed by atoms with van der Waals surface area (Å²) in [7, 11) is 1.59. The van der Waals surface area contributed by atoms with Crippen molar-refractivity contribution >= 4 is 17.7 Å². The van der Waals surface area contributed by atoms with E-state index in [9.17, 15) is 9.59 Å². The Morgan fingerprint density at radius 1 is 1.26 bits per heavy atom. The average molecular weight is 373 g/mol. The molecule has 8 heteroatoms. The zero-order chi connectivity index (χ0) is 20.0. The van der Waals surface area contributed by atoms with Gasteiger partial charge in [-0.1, -0.05) is 13.0 Å². The number of carboxylic acid groups (broad SMARTS) is 1. The fourth-order valence-electron chi connectivity index (χ4n) is 2.31. The molecule has 1 heterocycles. The molecule has 3 N–H and O–H groups in total. The molecule has 0 bridgehead atoms. The van der Waals surface area contributed by atoms with Crippen LogP contribution in [0.5, 0.6) is 17.4 Å². The molecule has 2 amide bonds. The lowest BCUT2D eigenvalue weighted by Crippen LogP contribution is -2.53. The molecule has 0 aliphatic carbocycles. The number of methoxy groups -OCH3 is 1. The predicted molar refractivity (Wildman–Crippen MR) is 101 cm³/mol. The molecule has 0 saturated heterocycles. The number of hydrogen-bond acceptors (Lipinski definition) is 5. The van der Waals surface area contributed by atoms with E-state index in [0.717, 1.165) is 5.56 Å². The van der Waals surface area contributed by atoms with Crippen LogP contribution in [0.2, 0.25) is 0 Å². The highest BCUT2D eigenvalue weighted by Crippen LogP contribution is 2.27. The fraction of sp³-hybridized carbons (Fsp3) is 0.316. The fourth-order valence-corrected chi connectivity index (χ4v) is 2.31. The molecule has 0 fully saturated rings. The lowest BCUT2D eigenvalue weighted by Gasteiger charge is -2.26. The maximum absolute atomic E-state index is 12.4. The number of benzene rings is 1. The maximum Gasteiger partial charge on any atom is 0.405 e. The summed E-state index contributed by atoms with van der Waals surface area (Å²) in [6.07, 6.45) is 0.481. The number of ether oxygens (including phenoxy) is 2. The Bertz CT molecular complexity index is 823. The van der Waals surface area contributed by atoms with Crippen molar-refractivity contribution in [2.24, 2.45) is 0 Å². The smallest absolute Gasteiger partial charge is 0.405 e. The standard InChI is InChI=1S/C19H23N3O5/c1-5-19(3,22-18(24)25)17(23)21-13-7-9-16(20-11-13)27-14-8-6-12(2)15(10-14)26-4/h6-11,22H,5H2,1-4H3,(H,21,23)(H,24,25)/t19-/m1/s1. The molecule has 0 radical (unpaired) electrons. The van der Waals surface area contributed by atoms with Gasteiger partial charge in [0.15, 0.2) is 0 Å². The van der Waals surface area contributed by atoms with E-state index in [1.165, 1.54) is 13.1 Å². The first kappa shape index (κ1) is 20.0. The number of hydrogen-bond donors (Lipinski definition) is 3. The molecule has 1 aromatic heterocycles. The van der Waals surface area contributed by atoms with Crippen molar-refractivity contribution in [1.29, 1.82) is 0 Å². The van der Waals surface area contributed by atoms with Crippen molar-refractivity contribution < 1.29 is 24.2 Å². The zero-order valence-corrected chi connectivity index (χ0v) is 15.7. The average Bonchev–Trinajstić information content (AvgIpc) is 2.64. The third-order valence-electron chi connectivity index (χ3n) is 4.19. The van der Waals surface area contributed by atoms with Gasteiger partial charge in [-0.2, -0.15) is 0 Å². The van der Waals surface area contributed by atoms with Gasteiger partial charge in [0.1, 0.15) is 17.0 Å². The monoisotopic (exact) mass is 373 g/mol. The van der Waals surface area contributed by atoms with E-state index in [1.807, 2.05) is 13.0 Å². The Balaban J connectivity index is 2.06. The van der Waals surface area contributed by atoms with E-state index < -0.39 is 17.5 Å². The van der Waals surface area contributed by atoms with Gasteiger partial charge in [0.05, 0.1) is 19.0 Å². The van der Waals surface area contributed by atoms with Gasteiger partial charge in [0.25, 0.3) is 0 Å². The molecule has 8 nitrogen and oxygen atoms in total. The number of aryl methyl sites for hydroxylation is 1. The summed E-state index contributed by atoms with van der Waals surface area (Å²) in [5.41, 5.74) is 0.185. The number of rotatable bonds is 7. The van der Waals surface area contributed by atoms with Crippen LogP contribution < -0.4 is 20.1 Å². The Morgan fingerprint density at radius 2 is 2.00 bits per heavy atom. The highest BCUT2D eigenvalue weighted by atomic mass is 16.5. The molecule has 0 saturated carbocycles. The molecular weight excluding hydrogens is 350 g/mol. The Hall–Kier alpha value is -3.29. The van der Waals surface area contributed by atoms with E-state index in [1.54, 1.807) is 38.3 Å². The van der Waals surface area contributed by atoms with Crippen LogP contribution in [0.1, 0.15) is 25.8 Å². The van der Waals surface area contributed by atoms with E-state index in [0.29, 0.717) is 29.5 Å². The normalized spacial score (nSPS) is 12.6. The second-order valence-corrected chi connectivity index (χ2v) is 6.19. The van der Waals surface area contributed by atoms with Crippen LogP contribution in [-0.2, 0) is 4.79 Å². The number of carbonyl (C=O) groups is 2. The van der Waals surface area contributed by atoms with Gasteiger partial charge in [-0.05, 0) is 38.0 Å². The second kappa shape index (κ2) is 8.39. The Kier molecular flexibility index (Phi) is 6.23. The van der Waals surface area contributed by atoms with Crippen LogP contribution in [0.3, 0.4) is 0 Å². The molecule has 2 aromatic rings. The minimum absolute atomic E-state index is 0.301.